The Bertz CT molecular complexity index is 275. The lowest BCUT2D eigenvalue weighted by molar-refractivity contribution is 0.138. The number of alkyl carbamates (subject to hydrolysis) is 1. The van der Waals surface area contributed by atoms with Gasteiger partial charge in [-0.15, -0.1) is 0 Å². The highest BCUT2D eigenvalue weighted by molar-refractivity contribution is 5.67. The number of fused-ring (bicyclic) bond motifs is 1. The van der Waals surface area contributed by atoms with E-state index >= 15 is 0 Å². The van der Waals surface area contributed by atoms with Crippen molar-refractivity contribution in [2.45, 2.75) is 25.7 Å². The molecular weight excluding hydrogens is 216 g/mol. The molecule has 0 saturated heterocycles. The number of nitrogens with one attached hydrogen (secondary N) is 1. The maximum Gasteiger partial charge on any atom is 0.407 e. The summed E-state index contributed by atoms with van der Waals surface area (Å²) < 4.78 is 5.22. The molecule has 0 aromatic carbocycles. The monoisotopic (exact) mass is 238 g/mol. The number of hydrogen-bond donors (Lipinski definition) is 2. The molecule has 2 rings (SSSR count). The predicted molar refractivity (Wildman–Crippen MR) is 66.5 cm³/mol. The molecule has 0 heterocycles. The van der Waals surface area contributed by atoms with Gasteiger partial charge in [0.25, 0.3) is 0 Å². The second kappa shape index (κ2) is 6.05. The molecule has 2 aliphatic carbocycles. The zero-order valence-corrected chi connectivity index (χ0v) is 10.2. The molecule has 1 saturated carbocycles. The summed E-state index contributed by atoms with van der Waals surface area (Å²) in [5, 5.41) is 2.62. The molecule has 1 fully saturated rings. The van der Waals surface area contributed by atoms with Crippen molar-refractivity contribution in [2.24, 2.45) is 23.5 Å². The topological polar surface area (TPSA) is 64.3 Å². The van der Waals surface area contributed by atoms with Crippen LogP contribution in [0.1, 0.15) is 25.7 Å². The van der Waals surface area contributed by atoms with Crippen LogP contribution in [0.5, 0.6) is 0 Å². The number of ether oxygens (including phenoxy) is 1. The molecule has 3 N–H and O–H groups in total. The molecule has 96 valence electrons. The third kappa shape index (κ3) is 3.46. The molecule has 0 aromatic rings. The van der Waals surface area contributed by atoms with Crippen molar-refractivity contribution in [3.05, 3.63) is 12.2 Å². The fraction of sp³-hybridized carbons (Fsp3) is 0.769. The van der Waals surface area contributed by atoms with Crippen LogP contribution in [-0.2, 0) is 4.74 Å². The minimum atomic E-state index is -0.326. The van der Waals surface area contributed by atoms with Gasteiger partial charge in [-0.1, -0.05) is 12.2 Å². The molecule has 17 heavy (non-hydrogen) atoms. The molecule has 0 aromatic heterocycles. The normalized spacial score (nSPS) is 32.9. The van der Waals surface area contributed by atoms with E-state index in [9.17, 15) is 4.79 Å². The van der Waals surface area contributed by atoms with Crippen molar-refractivity contribution in [1.82, 2.24) is 5.32 Å². The van der Waals surface area contributed by atoms with E-state index in [4.69, 9.17) is 10.5 Å². The Kier molecular flexibility index (Phi) is 4.42. The van der Waals surface area contributed by atoms with Gasteiger partial charge >= 0.3 is 6.09 Å². The van der Waals surface area contributed by atoms with Gasteiger partial charge in [0.2, 0.25) is 0 Å². The first-order chi connectivity index (χ1) is 8.33. The van der Waals surface area contributed by atoms with E-state index in [1.165, 1.54) is 25.7 Å². The predicted octanol–water partition coefficient (Wildman–Crippen LogP) is 1.66. The highest BCUT2D eigenvalue weighted by Crippen LogP contribution is 2.52. The Balaban J connectivity index is 1.66. The minimum Gasteiger partial charge on any atom is -0.449 e. The first-order valence-electron chi connectivity index (χ1n) is 6.58. The second-order valence-corrected chi connectivity index (χ2v) is 4.93. The standard InChI is InChI=1S/C13H22N2O2/c14-7-8-15-13(16)17-9-12-10-5-3-1-2-4-6-11(10)12/h1-2,10-12H,3-9,14H2,(H,15,16)/b2-1-/t10-,11+,12-. The van der Waals surface area contributed by atoms with Gasteiger partial charge in [-0.2, -0.15) is 0 Å². The molecule has 1 amide bonds. The Hall–Kier alpha value is -1.03. The van der Waals surface area contributed by atoms with E-state index in [-0.39, 0.29) is 6.09 Å². The van der Waals surface area contributed by atoms with Crippen LogP contribution in [0.4, 0.5) is 4.79 Å². The maximum atomic E-state index is 11.3. The third-order valence-electron chi connectivity index (χ3n) is 3.83. The van der Waals surface area contributed by atoms with Crippen LogP contribution in [0.3, 0.4) is 0 Å². The lowest BCUT2D eigenvalue weighted by atomic mass is 10.1. The molecule has 4 heteroatoms. The van der Waals surface area contributed by atoms with E-state index in [2.05, 4.69) is 17.5 Å². The summed E-state index contributed by atoms with van der Waals surface area (Å²) >= 11 is 0. The Labute approximate surface area is 103 Å². The average molecular weight is 238 g/mol. The van der Waals surface area contributed by atoms with Gasteiger partial charge in [0.15, 0.2) is 0 Å². The van der Waals surface area contributed by atoms with Crippen molar-refractivity contribution < 1.29 is 9.53 Å². The summed E-state index contributed by atoms with van der Waals surface area (Å²) in [7, 11) is 0. The fourth-order valence-corrected chi connectivity index (χ4v) is 2.84. The van der Waals surface area contributed by atoms with Gasteiger partial charge in [-0.25, -0.2) is 4.79 Å². The van der Waals surface area contributed by atoms with Gasteiger partial charge in [-0.05, 0) is 43.4 Å². The van der Waals surface area contributed by atoms with Crippen LogP contribution in [0.25, 0.3) is 0 Å². The van der Waals surface area contributed by atoms with Crippen LogP contribution in [-0.4, -0.2) is 25.8 Å². The highest BCUT2D eigenvalue weighted by Gasteiger charge is 2.49. The Morgan fingerprint density at radius 3 is 2.53 bits per heavy atom. The molecule has 0 radical (unpaired) electrons. The number of carbonyl (C=O) groups excluding carboxylic acids is 1. The minimum absolute atomic E-state index is 0.326. The van der Waals surface area contributed by atoms with Crippen molar-refractivity contribution >= 4 is 6.09 Å². The number of amides is 1. The van der Waals surface area contributed by atoms with Crippen molar-refractivity contribution in [3.8, 4) is 0 Å². The summed E-state index contributed by atoms with van der Waals surface area (Å²) in [6, 6.07) is 0. The molecule has 4 nitrogen and oxygen atoms in total. The number of rotatable bonds is 4. The van der Waals surface area contributed by atoms with E-state index in [0.29, 0.717) is 25.6 Å². The quantitative estimate of drug-likeness (QED) is 0.732. The molecule has 0 bridgehead atoms. The molecule has 0 unspecified atom stereocenters. The summed E-state index contributed by atoms with van der Waals surface area (Å²) in [4.78, 5) is 11.3. The van der Waals surface area contributed by atoms with Crippen LogP contribution < -0.4 is 11.1 Å². The maximum absolute atomic E-state index is 11.3. The van der Waals surface area contributed by atoms with Crippen molar-refractivity contribution in [2.75, 3.05) is 19.7 Å². The van der Waals surface area contributed by atoms with Crippen molar-refractivity contribution in [3.63, 3.8) is 0 Å². The summed E-state index contributed by atoms with van der Waals surface area (Å²) in [6.07, 6.45) is 9.08. The summed E-state index contributed by atoms with van der Waals surface area (Å²) in [6.45, 7) is 1.52. The summed E-state index contributed by atoms with van der Waals surface area (Å²) in [5.41, 5.74) is 5.30. The third-order valence-corrected chi connectivity index (χ3v) is 3.83. The molecule has 0 spiro atoms. The zero-order chi connectivity index (χ0) is 12.1. The lowest BCUT2D eigenvalue weighted by Gasteiger charge is -2.05. The van der Waals surface area contributed by atoms with Crippen LogP contribution in [0, 0.1) is 17.8 Å². The van der Waals surface area contributed by atoms with Crippen LogP contribution >= 0.6 is 0 Å². The van der Waals surface area contributed by atoms with Crippen LogP contribution in [0.2, 0.25) is 0 Å². The van der Waals surface area contributed by atoms with Gasteiger partial charge in [0, 0.05) is 13.1 Å². The van der Waals surface area contributed by atoms with E-state index in [0.717, 1.165) is 11.8 Å². The fourth-order valence-electron chi connectivity index (χ4n) is 2.84. The first kappa shape index (κ1) is 12.4. The smallest absolute Gasteiger partial charge is 0.407 e. The zero-order valence-electron chi connectivity index (χ0n) is 10.2. The van der Waals surface area contributed by atoms with E-state index in [1.54, 1.807) is 0 Å². The number of hydrogen-bond acceptors (Lipinski definition) is 3. The largest absolute Gasteiger partial charge is 0.449 e. The highest BCUT2D eigenvalue weighted by atomic mass is 16.5. The van der Waals surface area contributed by atoms with Gasteiger partial charge in [0.1, 0.15) is 0 Å². The first-order valence-corrected chi connectivity index (χ1v) is 6.58. The molecule has 2 aliphatic rings. The molecule has 3 atom stereocenters. The van der Waals surface area contributed by atoms with E-state index < -0.39 is 0 Å². The van der Waals surface area contributed by atoms with E-state index in [1.807, 2.05) is 0 Å². The summed E-state index contributed by atoms with van der Waals surface area (Å²) in [5.74, 6) is 2.16. The second-order valence-electron chi connectivity index (χ2n) is 4.93. The van der Waals surface area contributed by atoms with Gasteiger partial charge in [0.05, 0.1) is 6.61 Å². The number of allylic oxidation sites excluding steroid dienone is 2. The lowest BCUT2D eigenvalue weighted by Crippen LogP contribution is -2.30. The Morgan fingerprint density at radius 1 is 1.29 bits per heavy atom. The number of nitrogens with two attached hydrogens (primary N) is 1. The Morgan fingerprint density at radius 2 is 1.94 bits per heavy atom. The molecule has 0 aliphatic heterocycles. The SMILES string of the molecule is NCCNC(=O)OC[C@@H]1[C@@H]2CC/C=C\CC[C@@H]21. The number of carbonyl (C=O) groups is 1. The van der Waals surface area contributed by atoms with Gasteiger partial charge in [-0.3, -0.25) is 0 Å². The van der Waals surface area contributed by atoms with Crippen molar-refractivity contribution in [1.29, 1.82) is 0 Å². The van der Waals surface area contributed by atoms with Crippen LogP contribution in [0.15, 0.2) is 12.2 Å². The van der Waals surface area contributed by atoms with Gasteiger partial charge < -0.3 is 15.8 Å². The average Bonchev–Trinajstić information content (AvgIpc) is 2.94. The molecular formula is C13H22N2O2.